The van der Waals surface area contributed by atoms with Crippen LogP contribution in [-0.4, -0.2) is 45.4 Å². The molecule has 0 radical (unpaired) electrons. The average Bonchev–Trinajstić information content (AvgIpc) is 3.20. The van der Waals surface area contributed by atoms with Gasteiger partial charge in [0, 0.05) is 17.8 Å². The Bertz CT molecular complexity index is 950. The lowest BCUT2D eigenvalue weighted by Crippen LogP contribution is -2.28. The van der Waals surface area contributed by atoms with Crippen molar-refractivity contribution in [2.75, 3.05) is 30.9 Å². The normalized spacial score (nSPS) is 14.7. The average molecular weight is 416 g/mol. The molecule has 7 heteroatoms. The second kappa shape index (κ2) is 9.41. The van der Waals surface area contributed by atoms with E-state index in [1.165, 1.54) is 12.8 Å². The fourth-order valence-corrected chi connectivity index (χ4v) is 4.90. The van der Waals surface area contributed by atoms with Gasteiger partial charge in [0.05, 0.1) is 4.90 Å². The number of sulfonamides is 1. The first kappa shape index (κ1) is 21.3. The van der Waals surface area contributed by atoms with E-state index in [1.54, 1.807) is 43.3 Å². The molecule has 29 heavy (non-hydrogen) atoms. The molecule has 0 aliphatic carbocycles. The maximum absolute atomic E-state index is 12.7. The van der Waals surface area contributed by atoms with Crippen molar-refractivity contribution >= 4 is 21.6 Å². The molecule has 2 aromatic rings. The third-order valence-electron chi connectivity index (χ3n) is 5.17. The van der Waals surface area contributed by atoms with E-state index in [0.29, 0.717) is 23.4 Å². The van der Waals surface area contributed by atoms with Crippen molar-refractivity contribution in [1.82, 2.24) is 10.2 Å². The molecular formula is C22H29N3O3S. The van der Waals surface area contributed by atoms with Crippen LogP contribution in [0.1, 0.15) is 40.7 Å². The maximum atomic E-state index is 12.7. The minimum absolute atomic E-state index is 0.143. The molecule has 1 amide bonds. The van der Waals surface area contributed by atoms with E-state index in [0.717, 1.165) is 31.6 Å². The summed E-state index contributed by atoms with van der Waals surface area (Å²) in [6.45, 7) is 7.60. The van der Waals surface area contributed by atoms with Crippen molar-refractivity contribution in [3.05, 3.63) is 59.2 Å². The summed E-state index contributed by atoms with van der Waals surface area (Å²) in [5, 5.41) is 2.93. The number of carbonyl (C=O) groups excluding carboxylic acids is 1. The SMILES string of the molecule is Cc1ccc(C)c(S(=O)(=O)Nc2ccc(C(=O)NCCCN3CCCC3)cc2)c1. The molecule has 156 valence electrons. The fourth-order valence-electron chi connectivity index (χ4n) is 3.51. The molecular weight excluding hydrogens is 386 g/mol. The molecule has 0 atom stereocenters. The third kappa shape index (κ3) is 5.81. The monoisotopic (exact) mass is 415 g/mol. The zero-order valence-electron chi connectivity index (χ0n) is 17.1. The molecule has 0 unspecified atom stereocenters. The minimum atomic E-state index is -3.68. The van der Waals surface area contributed by atoms with Crippen molar-refractivity contribution < 1.29 is 13.2 Å². The highest BCUT2D eigenvalue weighted by Crippen LogP contribution is 2.21. The Kier molecular flexibility index (Phi) is 6.92. The Morgan fingerprint density at radius 1 is 1.03 bits per heavy atom. The van der Waals surface area contributed by atoms with Gasteiger partial charge >= 0.3 is 0 Å². The van der Waals surface area contributed by atoms with Crippen LogP contribution < -0.4 is 10.0 Å². The Hall–Kier alpha value is -2.38. The van der Waals surface area contributed by atoms with Gasteiger partial charge in [0.2, 0.25) is 0 Å². The van der Waals surface area contributed by atoms with Crippen molar-refractivity contribution in [2.24, 2.45) is 0 Å². The Morgan fingerprint density at radius 2 is 1.72 bits per heavy atom. The number of hydrogen-bond donors (Lipinski definition) is 2. The molecule has 1 aliphatic rings. The fraction of sp³-hybridized carbons (Fsp3) is 0.409. The predicted octanol–water partition coefficient (Wildman–Crippen LogP) is 3.32. The Morgan fingerprint density at radius 3 is 2.41 bits per heavy atom. The van der Waals surface area contributed by atoms with Crippen molar-refractivity contribution in [2.45, 2.75) is 38.0 Å². The van der Waals surface area contributed by atoms with Gasteiger partial charge in [-0.15, -0.1) is 0 Å². The van der Waals surface area contributed by atoms with Crippen LogP contribution in [0.3, 0.4) is 0 Å². The lowest BCUT2D eigenvalue weighted by molar-refractivity contribution is 0.0952. The first-order chi connectivity index (χ1) is 13.8. The summed E-state index contributed by atoms with van der Waals surface area (Å²) in [5.41, 5.74) is 2.51. The van der Waals surface area contributed by atoms with E-state index in [4.69, 9.17) is 0 Å². The molecule has 1 heterocycles. The lowest BCUT2D eigenvalue weighted by atomic mass is 10.2. The number of carbonyl (C=O) groups is 1. The summed E-state index contributed by atoms with van der Waals surface area (Å²) in [7, 11) is -3.68. The van der Waals surface area contributed by atoms with Gasteiger partial charge in [0.25, 0.3) is 15.9 Å². The number of likely N-dealkylation sites (tertiary alicyclic amines) is 1. The van der Waals surface area contributed by atoms with Gasteiger partial charge < -0.3 is 10.2 Å². The van der Waals surface area contributed by atoms with Crippen LogP contribution in [0.5, 0.6) is 0 Å². The van der Waals surface area contributed by atoms with Gasteiger partial charge in [-0.05, 0) is 94.2 Å². The molecule has 1 saturated heterocycles. The van der Waals surface area contributed by atoms with Gasteiger partial charge in [0.15, 0.2) is 0 Å². The number of nitrogens with one attached hydrogen (secondary N) is 2. The number of benzene rings is 2. The van der Waals surface area contributed by atoms with Crippen molar-refractivity contribution in [3.63, 3.8) is 0 Å². The summed E-state index contributed by atoms with van der Waals surface area (Å²) >= 11 is 0. The summed E-state index contributed by atoms with van der Waals surface area (Å²) in [6.07, 6.45) is 3.47. The lowest BCUT2D eigenvalue weighted by Gasteiger charge is -2.14. The van der Waals surface area contributed by atoms with Gasteiger partial charge in [-0.25, -0.2) is 8.42 Å². The van der Waals surface area contributed by atoms with Gasteiger partial charge in [-0.1, -0.05) is 12.1 Å². The number of anilines is 1. The van der Waals surface area contributed by atoms with Crippen LogP contribution in [0.25, 0.3) is 0 Å². The van der Waals surface area contributed by atoms with E-state index in [1.807, 2.05) is 13.0 Å². The number of nitrogens with zero attached hydrogens (tertiary/aromatic N) is 1. The van der Waals surface area contributed by atoms with E-state index in [9.17, 15) is 13.2 Å². The molecule has 0 spiro atoms. The second-order valence-corrected chi connectivity index (χ2v) is 9.26. The van der Waals surface area contributed by atoms with E-state index < -0.39 is 10.0 Å². The van der Waals surface area contributed by atoms with Gasteiger partial charge in [-0.3, -0.25) is 9.52 Å². The van der Waals surface area contributed by atoms with E-state index >= 15 is 0 Å². The predicted molar refractivity (Wildman–Crippen MR) is 116 cm³/mol. The van der Waals surface area contributed by atoms with Crippen molar-refractivity contribution in [3.8, 4) is 0 Å². The van der Waals surface area contributed by atoms with Gasteiger partial charge in [-0.2, -0.15) is 0 Å². The van der Waals surface area contributed by atoms with Crippen LogP contribution in [0.4, 0.5) is 5.69 Å². The van der Waals surface area contributed by atoms with Crippen LogP contribution >= 0.6 is 0 Å². The molecule has 3 rings (SSSR count). The molecule has 1 aliphatic heterocycles. The molecule has 0 saturated carbocycles. The highest BCUT2D eigenvalue weighted by molar-refractivity contribution is 7.92. The molecule has 2 N–H and O–H groups in total. The Balaban J connectivity index is 1.55. The zero-order chi connectivity index (χ0) is 20.9. The molecule has 6 nitrogen and oxygen atoms in total. The first-order valence-electron chi connectivity index (χ1n) is 10.1. The van der Waals surface area contributed by atoms with Crippen LogP contribution in [-0.2, 0) is 10.0 Å². The van der Waals surface area contributed by atoms with E-state index in [2.05, 4.69) is 14.9 Å². The number of rotatable bonds is 8. The van der Waals surface area contributed by atoms with Crippen LogP contribution in [0.2, 0.25) is 0 Å². The smallest absolute Gasteiger partial charge is 0.262 e. The first-order valence-corrected chi connectivity index (χ1v) is 11.5. The third-order valence-corrected chi connectivity index (χ3v) is 6.69. The molecule has 0 bridgehead atoms. The summed E-state index contributed by atoms with van der Waals surface area (Å²) < 4.78 is 28.0. The molecule has 0 aromatic heterocycles. The highest BCUT2D eigenvalue weighted by Gasteiger charge is 2.17. The topological polar surface area (TPSA) is 78.5 Å². The van der Waals surface area contributed by atoms with Crippen LogP contribution in [0, 0.1) is 13.8 Å². The highest BCUT2D eigenvalue weighted by atomic mass is 32.2. The summed E-state index contributed by atoms with van der Waals surface area (Å²) in [6, 6.07) is 11.8. The molecule has 1 fully saturated rings. The number of hydrogen-bond acceptors (Lipinski definition) is 4. The largest absolute Gasteiger partial charge is 0.352 e. The summed E-state index contributed by atoms with van der Waals surface area (Å²) in [5.74, 6) is -0.143. The number of aryl methyl sites for hydroxylation is 2. The Labute approximate surface area is 173 Å². The summed E-state index contributed by atoms with van der Waals surface area (Å²) in [4.78, 5) is 15.0. The number of amides is 1. The second-order valence-electron chi connectivity index (χ2n) is 7.61. The van der Waals surface area contributed by atoms with Crippen molar-refractivity contribution in [1.29, 1.82) is 0 Å². The zero-order valence-corrected chi connectivity index (χ0v) is 17.9. The van der Waals surface area contributed by atoms with Gasteiger partial charge in [0.1, 0.15) is 0 Å². The standard InChI is InChI=1S/C22H29N3O3S/c1-17-6-7-18(2)21(16-17)29(27,28)24-20-10-8-19(9-11-20)22(26)23-12-5-15-25-13-3-4-14-25/h6-11,16,24H,3-5,12-15H2,1-2H3,(H,23,26). The van der Waals surface area contributed by atoms with Crippen LogP contribution in [0.15, 0.2) is 47.4 Å². The van der Waals surface area contributed by atoms with E-state index in [-0.39, 0.29) is 10.8 Å². The quantitative estimate of drug-likeness (QED) is 0.649. The minimum Gasteiger partial charge on any atom is -0.352 e. The molecule has 2 aromatic carbocycles. The maximum Gasteiger partial charge on any atom is 0.262 e.